The first-order valence-corrected chi connectivity index (χ1v) is 5.42. The zero-order valence-electron chi connectivity index (χ0n) is 10.5. The Morgan fingerprint density at radius 1 is 1.39 bits per heavy atom. The van der Waals surface area contributed by atoms with Crippen LogP contribution in [0.1, 0.15) is 19.4 Å². The van der Waals surface area contributed by atoms with Crippen LogP contribution in [0.5, 0.6) is 0 Å². The number of amides is 1. The molecule has 1 rings (SSSR count). The number of carbonyl (C=O) groups excluding carboxylic acids is 1. The number of hydrogen-bond donors (Lipinski definition) is 3. The van der Waals surface area contributed by atoms with E-state index in [1.165, 1.54) is 6.07 Å². The van der Waals surface area contributed by atoms with Crippen molar-refractivity contribution in [3.8, 4) is 0 Å². The smallest absolute Gasteiger partial charge is 0.266 e. The Labute approximate surface area is 112 Å². The highest BCUT2D eigenvalue weighted by molar-refractivity contribution is 5.85. The number of benzene rings is 1. The molecule has 1 aromatic carbocycles. The van der Waals surface area contributed by atoms with Crippen molar-refractivity contribution in [1.82, 2.24) is 5.48 Å². The molecule has 0 aliphatic carbocycles. The van der Waals surface area contributed by atoms with Gasteiger partial charge in [-0.15, -0.1) is 12.4 Å². The van der Waals surface area contributed by atoms with Gasteiger partial charge in [-0.2, -0.15) is 0 Å². The fourth-order valence-corrected chi connectivity index (χ4v) is 1.52. The van der Waals surface area contributed by atoms with Gasteiger partial charge < -0.3 is 5.32 Å². The SMILES string of the molecule is Cc1cc(N[C@H](C(=O)NO)C(C)C)ccc1F.Cl. The number of nitrogens with one attached hydrogen (secondary N) is 2. The predicted octanol–water partition coefficient (Wildman–Crippen LogP) is 2.50. The molecule has 1 amide bonds. The zero-order chi connectivity index (χ0) is 13.0. The summed E-state index contributed by atoms with van der Waals surface area (Å²) in [5.74, 6) is -0.808. The normalized spacial score (nSPS) is 11.7. The van der Waals surface area contributed by atoms with Crippen LogP contribution in [0.4, 0.5) is 10.1 Å². The monoisotopic (exact) mass is 276 g/mol. The summed E-state index contributed by atoms with van der Waals surface area (Å²) in [6.45, 7) is 5.35. The Balaban J connectivity index is 0.00000289. The lowest BCUT2D eigenvalue weighted by Gasteiger charge is -2.21. The summed E-state index contributed by atoms with van der Waals surface area (Å²) in [5, 5.41) is 11.6. The quantitative estimate of drug-likeness (QED) is 0.585. The molecular weight excluding hydrogens is 259 g/mol. The Kier molecular flexibility index (Phi) is 6.65. The maximum atomic E-state index is 13.1. The van der Waals surface area contributed by atoms with Gasteiger partial charge in [0.1, 0.15) is 11.9 Å². The van der Waals surface area contributed by atoms with Crippen molar-refractivity contribution in [2.75, 3.05) is 5.32 Å². The van der Waals surface area contributed by atoms with Crippen LogP contribution in [0.3, 0.4) is 0 Å². The summed E-state index contributed by atoms with van der Waals surface area (Å²) < 4.78 is 13.1. The molecule has 0 unspecified atom stereocenters. The molecule has 3 N–H and O–H groups in total. The molecule has 0 fully saturated rings. The van der Waals surface area contributed by atoms with Gasteiger partial charge in [0.05, 0.1) is 0 Å². The Hall–Kier alpha value is -1.33. The van der Waals surface area contributed by atoms with Gasteiger partial charge in [-0.1, -0.05) is 13.8 Å². The third kappa shape index (κ3) is 4.16. The van der Waals surface area contributed by atoms with E-state index in [-0.39, 0.29) is 24.1 Å². The minimum atomic E-state index is -0.565. The van der Waals surface area contributed by atoms with Gasteiger partial charge in [-0.3, -0.25) is 10.0 Å². The average molecular weight is 277 g/mol. The van der Waals surface area contributed by atoms with Gasteiger partial charge in [-0.25, -0.2) is 9.87 Å². The standard InChI is InChI=1S/C12H17FN2O2.ClH/c1-7(2)11(12(16)15-17)14-9-4-5-10(13)8(3)6-9;/h4-7,11,14,17H,1-3H3,(H,15,16);1H/t11-;/m0./s1. The Morgan fingerprint density at radius 2 is 2.00 bits per heavy atom. The van der Waals surface area contributed by atoms with Crippen molar-refractivity contribution in [1.29, 1.82) is 0 Å². The van der Waals surface area contributed by atoms with Crippen molar-refractivity contribution in [2.45, 2.75) is 26.8 Å². The topological polar surface area (TPSA) is 61.4 Å². The molecular formula is C12H18ClFN2O2. The van der Waals surface area contributed by atoms with E-state index in [2.05, 4.69) is 5.32 Å². The summed E-state index contributed by atoms with van der Waals surface area (Å²) in [4.78, 5) is 11.4. The van der Waals surface area contributed by atoms with Gasteiger partial charge in [-0.05, 0) is 36.6 Å². The van der Waals surface area contributed by atoms with Crippen molar-refractivity contribution < 1.29 is 14.4 Å². The number of carbonyl (C=O) groups is 1. The summed E-state index contributed by atoms with van der Waals surface area (Å²) in [7, 11) is 0. The Morgan fingerprint density at radius 3 is 2.44 bits per heavy atom. The summed E-state index contributed by atoms with van der Waals surface area (Å²) in [6, 6.07) is 3.95. The average Bonchev–Trinajstić information content (AvgIpc) is 2.29. The molecule has 0 saturated heterocycles. The summed E-state index contributed by atoms with van der Waals surface area (Å²) in [5.41, 5.74) is 2.76. The van der Waals surface area contributed by atoms with E-state index in [0.717, 1.165) is 0 Å². The van der Waals surface area contributed by atoms with Crippen LogP contribution < -0.4 is 10.8 Å². The van der Waals surface area contributed by atoms with Crippen LogP contribution in [-0.4, -0.2) is 17.2 Å². The van der Waals surface area contributed by atoms with E-state index < -0.39 is 11.9 Å². The second-order valence-electron chi connectivity index (χ2n) is 4.31. The van der Waals surface area contributed by atoms with Gasteiger partial charge in [0, 0.05) is 5.69 Å². The molecule has 0 aliphatic heterocycles. The largest absolute Gasteiger partial charge is 0.373 e. The number of hydrogen-bond acceptors (Lipinski definition) is 3. The maximum absolute atomic E-state index is 13.1. The van der Waals surface area contributed by atoms with Crippen LogP contribution in [0, 0.1) is 18.7 Å². The molecule has 0 saturated carbocycles. The third-order valence-electron chi connectivity index (χ3n) is 2.54. The van der Waals surface area contributed by atoms with Crippen LogP contribution in [0.15, 0.2) is 18.2 Å². The first kappa shape index (κ1) is 16.7. The molecule has 0 heterocycles. The van der Waals surface area contributed by atoms with Gasteiger partial charge in [0.2, 0.25) is 0 Å². The lowest BCUT2D eigenvalue weighted by atomic mass is 10.0. The second kappa shape index (κ2) is 7.18. The highest BCUT2D eigenvalue weighted by Gasteiger charge is 2.21. The molecule has 102 valence electrons. The number of aryl methyl sites for hydroxylation is 1. The van der Waals surface area contributed by atoms with Gasteiger partial charge in [0.15, 0.2) is 0 Å². The number of hydroxylamine groups is 1. The number of rotatable bonds is 4. The number of anilines is 1. The highest BCUT2D eigenvalue weighted by atomic mass is 35.5. The Bertz CT molecular complexity index is 413. The van der Waals surface area contributed by atoms with Crippen LogP contribution in [0.2, 0.25) is 0 Å². The molecule has 0 bridgehead atoms. The second-order valence-corrected chi connectivity index (χ2v) is 4.31. The molecule has 0 spiro atoms. The van der Waals surface area contributed by atoms with Gasteiger partial charge in [0.25, 0.3) is 5.91 Å². The van der Waals surface area contributed by atoms with E-state index in [4.69, 9.17) is 5.21 Å². The van der Waals surface area contributed by atoms with E-state index in [0.29, 0.717) is 11.3 Å². The fraction of sp³-hybridized carbons (Fsp3) is 0.417. The minimum absolute atomic E-state index is 0. The van der Waals surface area contributed by atoms with Crippen molar-refractivity contribution in [2.24, 2.45) is 5.92 Å². The minimum Gasteiger partial charge on any atom is -0.373 e. The molecule has 0 aromatic heterocycles. The first-order chi connectivity index (χ1) is 7.95. The van der Waals surface area contributed by atoms with E-state index in [9.17, 15) is 9.18 Å². The van der Waals surface area contributed by atoms with E-state index >= 15 is 0 Å². The first-order valence-electron chi connectivity index (χ1n) is 5.42. The van der Waals surface area contributed by atoms with Crippen molar-refractivity contribution >= 4 is 24.0 Å². The van der Waals surface area contributed by atoms with Crippen molar-refractivity contribution in [3.63, 3.8) is 0 Å². The molecule has 0 aliphatic rings. The summed E-state index contributed by atoms with van der Waals surface area (Å²) >= 11 is 0. The van der Waals surface area contributed by atoms with Crippen LogP contribution in [-0.2, 0) is 4.79 Å². The lowest BCUT2D eigenvalue weighted by molar-refractivity contribution is -0.130. The number of halogens is 2. The summed E-state index contributed by atoms with van der Waals surface area (Å²) in [6.07, 6.45) is 0. The fourth-order valence-electron chi connectivity index (χ4n) is 1.52. The molecule has 0 radical (unpaired) electrons. The van der Waals surface area contributed by atoms with Crippen LogP contribution in [0.25, 0.3) is 0 Å². The molecule has 1 atom stereocenters. The molecule has 4 nitrogen and oxygen atoms in total. The lowest BCUT2D eigenvalue weighted by Crippen LogP contribution is -2.41. The molecule has 18 heavy (non-hydrogen) atoms. The van der Waals surface area contributed by atoms with Crippen molar-refractivity contribution in [3.05, 3.63) is 29.6 Å². The molecule has 1 aromatic rings. The van der Waals surface area contributed by atoms with Gasteiger partial charge >= 0.3 is 0 Å². The van der Waals surface area contributed by atoms with Crippen LogP contribution >= 0.6 is 12.4 Å². The highest BCUT2D eigenvalue weighted by Crippen LogP contribution is 2.16. The molecule has 6 heteroatoms. The third-order valence-corrected chi connectivity index (χ3v) is 2.54. The zero-order valence-corrected chi connectivity index (χ0v) is 11.3. The predicted molar refractivity (Wildman–Crippen MR) is 70.6 cm³/mol. The maximum Gasteiger partial charge on any atom is 0.266 e. The van der Waals surface area contributed by atoms with E-state index in [1.807, 2.05) is 13.8 Å². The van der Waals surface area contributed by atoms with E-state index in [1.54, 1.807) is 24.5 Å².